The predicted molar refractivity (Wildman–Crippen MR) is 55.9 cm³/mol. The van der Waals surface area contributed by atoms with Gasteiger partial charge in [-0.1, -0.05) is 42.5 Å². The molecule has 0 aromatic heterocycles. The van der Waals surface area contributed by atoms with Crippen LogP contribution in [0.15, 0.2) is 47.4 Å². The summed E-state index contributed by atoms with van der Waals surface area (Å²) in [5.41, 5.74) is 1.06. The van der Waals surface area contributed by atoms with E-state index in [0.717, 1.165) is 10.5 Å². The molecule has 0 bridgehead atoms. The van der Waals surface area contributed by atoms with Crippen LogP contribution < -0.4 is 0 Å². The van der Waals surface area contributed by atoms with Crippen LogP contribution in [0.25, 0.3) is 6.08 Å². The highest BCUT2D eigenvalue weighted by Crippen LogP contribution is 2.16. The van der Waals surface area contributed by atoms with Gasteiger partial charge in [0.05, 0.1) is 10.8 Å². The molecule has 0 saturated carbocycles. The van der Waals surface area contributed by atoms with Crippen LogP contribution >= 0.6 is 0 Å². The van der Waals surface area contributed by atoms with Crippen molar-refractivity contribution in [3.8, 4) is 0 Å². The Bertz CT molecular complexity index is 391. The Kier molecular flexibility index (Phi) is 2.41. The molecule has 1 unspecified atom stereocenters. The summed E-state index contributed by atoms with van der Waals surface area (Å²) in [5.74, 6) is 0.612. The molecule has 1 aromatic rings. The van der Waals surface area contributed by atoms with Crippen molar-refractivity contribution in [3.05, 3.63) is 48.1 Å². The van der Waals surface area contributed by atoms with Crippen LogP contribution in [-0.4, -0.2) is 9.96 Å². The van der Waals surface area contributed by atoms with Gasteiger partial charge in [-0.25, -0.2) is 0 Å². The summed E-state index contributed by atoms with van der Waals surface area (Å²) in [6.07, 6.45) is 7.84. The van der Waals surface area contributed by atoms with E-state index in [1.54, 1.807) is 0 Å². The average molecular weight is 190 g/mol. The molecule has 0 saturated heterocycles. The van der Waals surface area contributed by atoms with Gasteiger partial charge in [-0.15, -0.1) is 0 Å². The smallest absolute Gasteiger partial charge is 0.0574 e. The van der Waals surface area contributed by atoms with Crippen LogP contribution in [-0.2, 0) is 10.8 Å². The molecule has 1 aliphatic rings. The normalized spacial score (nSPS) is 25.4. The molecule has 2 rings (SSSR count). The molecule has 1 aliphatic heterocycles. The quantitative estimate of drug-likeness (QED) is 0.614. The molecule has 13 heavy (non-hydrogen) atoms. The molecule has 1 nitrogen and oxygen atoms in total. The Hall–Kier alpha value is -1.15. The Morgan fingerprint density at radius 1 is 1.15 bits per heavy atom. The van der Waals surface area contributed by atoms with Crippen LogP contribution in [0.3, 0.4) is 0 Å². The third kappa shape index (κ3) is 1.78. The molecule has 0 fully saturated rings. The molecule has 0 N–H and O–H groups in total. The number of benzene rings is 1. The summed E-state index contributed by atoms with van der Waals surface area (Å²) in [6, 6.07) is 7.80. The molecule has 0 aliphatic carbocycles. The van der Waals surface area contributed by atoms with E-state index in [0.29, 0.717) is 5.75 Å². The van der Waals surface area contributed by atoms with Crippen molar-refractivity contribution in [3.63, 3.8) is 0 Å². The van der Waals surface area contributed by atoms with Gasteiger partial charge in [0.25, 0.3) is 0 Å². The minimum absolute atomic E-state index is 0.612. The van der Waals surface area contributed by atoms with Gasteiger partial charge in [0.2, 0.25) is 0 Å². The first-order valence-corrected chi connectivity index (χ1v) is 5.50. The molecule has 2 heteroatoms. The molecular weight excluding hydrogens is 180 g/mol. The van der Waals surface area contributed by atoms with E-state index in [2.05, 4.69) is 0 Å². The Morgan fingerprint density at radius 3 is 2.92 bits per heavy atom. The molecular formula is C11H10OS. The second-order valence-electron chi connectivity index (χ2n) is 2.84. The van der Waals surface area contributed by atoms with E-state index < -0.39 is 10.8 Å². The summed E-state index contributed by atoms with van der Waals surface area (Å²) in [4.78, 5) is 0.933. The lowest BCUT2D eigenvalue weighted by Crippen LogP contribution is -1.98. The number of rotatable bonds is 0. The Labute approximate surface area is 80.2 Å². The highest BCUT2D eigenvalue weighted by atomic mass is 32.2. The molecule has 0 amide bonds. The zero-order valence-electron chi connectivity index (χ0n) is 7.14. The van der Waals surface area contributed by atoms with Crippen LogP contribution in [0.5, 0.6) is 0 Å². The van der Waals surface area contributed by atoms with Gasteiger partial charge in [0, 0.05) is 10.6 Å². The van der Waals surface area contributed by atoms with Crippen molar-refractivity contribution in [2.75, 3.05) is 5.75 Å². The van der Waals surface area contributed by atoms with Gasteiger partial charge in [0.1, 0.15) is 0 Å². The fourth-order valence-electron chi connectivity index (χ4n) is 1.30. The van der Waals surface area contributed by atoms with Crippen LogP contribution in [0, 0.1) is 0 Å². The van der Waals surface area contributed by atoms with Crippen molar-refractivity contribution >= 4 is 16.9 Å². The second-order valence-corrected chi connectivity index (χ2v) is 4.30. The lowest BCUT2D eigenvalue weighted by molar-refractivity contribution is 0.685. The fraction of sp³-hybridized carbons (Fsp3) is 0.0909. The molecule has 1 atom stereocenters. The van der Waals surface area contributed by atoms with Gasteiger partial charge in [0.15, 0.2) is 0 Å². The highest BCUT2D eigenvalue weighted by molar-refractivity contribution is 7.85. The molecule has 1 heterocycles. The Morgan fingerprint density at radius 2 is 2.00 bits per heavy atom. The number of fused-ring (bicyclic) bond motifs is 1. The van der Waals surface area contributed by atoms with Gasteiger partial charge in [-0.05, 0) is 11.6 Å². The lowest BCUT2D eigenvalue weighted by atomic mass is 10.2. The lowest BCUT2D eigenvalue weighted by Gasteiger charge is -2.05. The Balaban J connectivity index is 2.55. The van der Waals surface area contributed by atoms with Crippen LogP contribution in [0.4, 0.5) is 0 Å². The first-order chi connectivity index (χ1) is 6.38. The third-order valence-corrected chi connectivity index (χ3v) is 3.29. The largest absolute Gasteiger partial charge is 0.254 e. The molecule has 66 valence electrons. The minimum Gasteiger partial charge on any atom is -0.254 e. The van der Waals surface area contributed by atoms with Crippen molar-refractivity contribution in [1.29, 1.82) is 0 Å². The maximum atomic E-state index is 11.7. The van der Waals surface area contributed by atoms with E-state index >= 15 is 0 Å². The standard InChI is InChI=1S/C11H10OS/c12-13-9-5-1-2-6-10-7-3-4-8-11(10)13/h1-8H,9H2/b5-1-,6-2-. The summed E-state index contributed by atoms with van der Waals surface area (Å²) >= 11 is 0. The zero-order chi connectivity index (χ0) is 9.10. The van der Waals surface area contributed by atoms with Gasteiger partial charge < -0.3 is 0 Å². The third-order valence-electron chi connectivity index (χ3n) is 1.93. The second kappa shape index (κ2) is 3.71. The SMILES string of the molecule is O=S1C/C=C\C=C/c2ccccc21. The maximum Gasteiger partial charge on any atom is 0.0574 e. The minimum atomic E-state index is -0.882. The predicted octanol–water partition coefficient (Wildman–Crippen LogP) is 2.38. The first-order valence-electron chi connectivity index (χ1n) is 4.18. The van der Waals surface area contributed by atoms with Crippen molar-refractivity contribution in [2.45, 2.75) is 4.90 Å². The van der Waals surface area contributed by atoms with Gasteiger partial charge >= 0.3 is 0 Å². The molecule has 0 spiro atoms. The van der Waals surface area contributed by atoms with Crippen LogP contribution in [0.1, 0.15) is 5.56 Å². The number of hydrogen-bond acceptors (Lipinski definition) is 1. The van der Waals surface area contributed by atoms with Gasteiger partial charge in [-0.3, -0.25) is 4.21 Å². The van der Waals surface area contributed by atoms with E-state index in [4.69, 9.17) is 0 Å². The average Bonchev–Trinajstić information content (AvgIpc) is 2.14. The van der Waals surface area contributed by atoms with E-state index in [9.17, 15) is 4.21 Å². The first kappa shape index (κ1) is 8.45. The number of allylic oxidation sites excluding steroid dienone is 2. The summed E-state index contributed by atoms with van der Waals surface area (Å²) in [6.45, 7) is 0. The zero-order valence-corrected chi connectivity index (χ0v) is 7.96. The summed E-state index contributed by atoms with van der Waals surface area (Å²) in [7, 11) is -0.882. The monoisotopic (exact) mass is 190 g/mol. The van der Waals surface area contributed by atoms with Crippen LogP contribution in [0.2, 0.25) is 0 Å². The topological polar surface area (TPSA) is 17.1 Å². The molecule has 0 radical (unpaired) electrons. The summed E-state index contributed by atoms with van der Waals surface area (Å²) in [5, 5.41) is 0. The van der Waals surface area contributed by atoms with E-state index in [-0.39, 0.29) is 0 Å². The van der Waals surface area contributed by atoms with Crippen molar-refractivity contribution in [1.82, 2.24) is 0 Å². The van der Waals surface area contributed by atoms with Crippen molar-refractivity contribution < 1.29 is 4.21 Å². The molecule has 1 aromatic carbocycles. The maximum absolute atomic E-state index is 11.7. The van der Waals surface area contributed by atoms with E-state index in [1.165, 1.54) is 0 Å². The number of hydrogen-bond donors (Lipinski definition) is 0. The van der Waals surface area contributed by atoms with Gasteiger partial charge in [-0.2, -0.15) is 0 Å². The summed E-state index contributed by atoms with van der Waals surface area (Å²) < 4.78 is 11.7. The fourth-order valence-corrected chi connectivity index (χ4v) is 2.39. The van der Waals surface area contributed by atoms with E-state index in [1.807, 2.05) is 48.6 Å². The highest BCUT2D eigenvalue weighted by Gasteiger charge is 2.06. The van der Waals surface area contributed by atoms with Crippen molar-refractivity contribution in [2.24, 2.45) is 0 Å².